The first-order valence-corrected chi connectivity index (χ1v) is 4.18. The number of nitrogens with one attached hydrogen (secondary N) is 2. The van der Waals surface area contributed by atoms with E-state index in [0.29, 0.717) is 11.9 Å². The van der Waals surface area contributed by atoms with E-state index < -0.39 is 0 Å². The molecule has 1 aromatic rings. The van der Waals surface area contributed by atoms with Crippen molar-refractivity contribution in [2.45, 2.75) is 19.9 Å². The third-order valence-corrected chi connectivity index (χ3v) is 1.82. The van der Waals surface area contributed by atoms with Crippen molar-refractivity contribution in [1.29, 1.82) is 0 Å². The van der Waals surface area contributed by atoms with Crippen LogP contribution < -0.4 is 11.1 Å². The van der Waals surface area contributed by atoms with E-state index >= 15 is 0 Å². The summed E-state index contributed by atoms with van der Waals surface area (Å²) in [7, 11) is 0. The molecule has 0 aromatic carbocycles. The van der Waals surface area contributed by atoms with Gasteiger partial charge in [-0.1, -0.05) is 13.8 Å². The average Bonchev–Trinajstić information content (AvgIpc) is 2.46. The zero-order valence-corrected chi connectivity index (χ0v) is 7.78. The highest BCUT2D eigenvalue weighted by atomic mass is 16.3. The van der Waals surface area contributed by atoms with Gasteiger partial charge in [0.2, 0.25) is 11.9 Å². The van der Waals surface area contributed by atoms with Crippen LogP contribution in [0, 0.1) is 5.92 Å². The largest absolute Gasteiger partial charge is 0.394 e. The van der Waals surface area contributed by atoms with Gasteiger partial charge in [-0.15, -0.1) is 5.10 Å². The number of aliphatic hydroxyl groups is 1. The second-order valence-electron chi connectivity index (χ2n) is 3.22. The van der Waals surface area contributed by atoms with Crippen molar-refractivity contribution in [1.82, 2.24) is 15.2 Å². The van der Waals surface area contributed by atoms with E-state index in [1.165, 1.54) is 0 Å². The highest BCUT2D eigenvalue weighted by Gasteiger charge is 2.13. The number of hydrogen-bond acceptors (Lipinski definition) is 5. The lowest BCUT2D eigenvalue weighted by molar-refractivity contribution is 0.248. The molecule has 5 N–H and O–H groups in total. The third-order valence-electron chi connectivity index (χ3n) is 1.82. The van der Waals surface area contributed by atoms with Crippen molar-refractivity contribution < 1.29 is 5.11 Å². The number of nitrogens with zero attached hydrogens (tertiary/aromatic N) is 2. The standard InChI is InChI=1S/C7H15N5O/c1-4(2)5(3-13)9-7-10-6(8)11-12-7/h4-5,13H,3H2,1-2H3,(H4,8,9,10,11,12). The first kappa shape index (κ1) is 9.79. The van der Waals surface area contributed by atoms with Gasteiger partial charge in [0.25, 0.3) is 0 Å². The fourth-order valence-corrected chi connectivity index (χ4v) is 0.928. The summed E-state index contributed by atoms with van der Waals surface area (Å²) >= 11 is 0. The van der Waals surface area contributed by atoms with E-state index in [4.69, 9.17) is 10.8 Å². The Morgan fingerprint density at radius 2 is 2.31 bits per heavy atom. The lowest BCUT2D eigenvalue weighted by atomic mass is 10.1. The zero-order valence-electron chi connectivity index (χ0n) is 7.78. The predicted molar refractivity (Wildman–Crippen MR) is 50.1 cm³/mol. The number of anilines is 2. The van der Waals surface area contributed by atoms with Crippen LogP contribution in [-0.2, 0) is 0 Å². The zero-order chi connectivity index (χ0) is 9.84. The van der Waals surface area contributed by atoms with Gasteiger partial charge in [0, 0.05) is 0 Å². The Hall–Kier alpha value is -1.30. The van der Waals surface area contributed by atoms with E-state index in [1.807, 2.05) is 13.8 Å². The van der Waals surface area contributed by atoms with Gasteiger partial charge in [-0.25, -0.2) is 5.10 Å². The number of nitrogens with two attached hydrogens (primary N) is 1. The number of H-pyrrole nitrogens is 1. The monoisotopic (exact) mass is 185 g/mol. The molecule has 0 saturated carbocycles. The number of aromatic nitrogens is 3. The molecule has 0 fully saturated rings. The van der Waals surface area contributed by atoms with Crippen LogP contribution in [0.3, 0.4) is 0 Å². The Morgan fingerprint density at radius 1 is 1.62 bits per heavy atom. The molecule has 1 heterocycles. The van der Waals surface area contributed by atoms with Crippen molar-refractivity contribution in [3.05, 3.63) is 0 Å². The molecule has 0 aliphatic carbocycles. The maximum Gasteiger partial charge on any atom is 0.243 e. The summed E-state index contributed by atoms with van der Waals surface area (Å²) in [6.45, 7) is 4.06. The van der Waals surface area contributed by atoms with Crippen molar-refractivity contribution in [2.75, 3.05) is 17.7 Å². The van der Waals surface area contributed by atoms with Gasteiger partial charge in [0.1, 0.15) is 0 Å². The molecular weight excluding hydrogens is 170 g/mol. The van der Waals surface area contributed by atoms with Gasteiger partial charge in [-0.2, -0.15) is 4.98 Å². The van der Waals surface area contributed by atoms with Gasteiger partial charge in [0.15, 0.2) is 0 Å². The summed E-state index contributed by atoms with van der Waals surface area (Å²) in [5.74, 6) is 0.998. The molecule has 1 aromatic heterocycles. The van der Waals surface area contributed by atoms with Crippen LogP contribution in [0.2, 0.25) is 0 Å². The van der Waals surface area contributed by atoms with Crippen LogP contribution >= 0.6 is 0 Å². The summed E-state index contributed by atoms with van der Waals surface area (Å²) in [5, 5.41) is 18.3. The van der Waals surface area contributed by atoms with Gasteiger partial charge < -0.3 is 16.2 Å². The van der Waals surface area contributed by atoms with Crippen molar-refractivity contribution in [2.24, 2.45) is 5.92 Å². The minimum atomic E-state index is -0.0461. The smallest absolute Gasteiger partial charge is 0.243 e. The molecular formula is C7H15N5O. The van der Waals surface area contributed by atoms with Crippen LogP contribution in [0.25, 0.3) is 0 Å². The minimum Gasteiger partial charge on any atom is -0.394 e. The Bertz CT molecular complexity index is 259. The fourth-order valence-electron chi connectivity index (χ4n) is 0.928. The van der Waals surface area contributed by atoms with Crippen LogP contribution in [0.1, 0.15) is 13.8 Å². The van der Waals surface area contributed by atoms with E-state index in [1.54, 1.807) is 0 Å². The molecule has 0 saturated heterocycles. The number of aliphatic hydroxyl groups excluding tert-OH is 1. The number of hydrogen-bond donors (Lipinski definition) is 4. The topological polar surface area (TPSA) is 99.8 Å². The molecule has 1 atom stereocenters. The predicted octanol–water partition coefficient (Wildman–Crippen LogP) is -0.184. The lowest BCUT2D eigenvalue weighted by Crippen LogP contribution is -2.29. The number of rotatable bonds is 4. The summed E-state index contributed by atoms with van der Waals surface area (Å²) in [6.07, 6.45) is 0. The molecule has 74 valence electrons. The number of nitrogen functional groups attached to an aromatic ring is 1. The molecule has 0 radical (unpaired) electrons. The van der Waals surface area contributed by atoms with E-state index in [-0.39, 0.29) is 18.6 Å². The third kappa shape index (κ3) is 2.59. The van der Waals surface area contributed by atoms with Gasteiger partial charge in [0.05, 0.1) is 12.6 Å². The van der Waals surface area contributed by atoms with Gasteiger partial charge >= 0.3 is 0 Å². The summed E-state index contributed by atoms with van der Waals surface area (Å²) in [5.41, 5.74) is 5.34. The van der Waals surface area contributed by atoms with Crippen molar-refractivity contribution in [3.63, 3.8) is 0 Å². The second-order valence-corrected chi connectivity index (χ2v) is 3.22. The van der Waals surface area contributed by atoms with E-state index in [0.717, 1.165) is 0 Å². The molecule has 6 heteroatoms. The highest BCUT2D eigenvalue weighted by molar-refractivity contribution is 5.31. The maximum atomic E-state index is 9.01. The summed E-state index contributed by atoms with van der Waals surface area (Å²) in [4.78, 5) is 3.87. The molecule has 1 rings (SSSR count). The minimum absolute atomic E-state index is 0.0461. The molecule has 13 heavy (non-hydrogen) atoms. The average molecular weight is 185 g/mol. The lowest BCUT2D eigenvalue weighted by Gasteiger charge is -2.18. The SMILES string of the molecule is CC(C)C(CO)Nc1n[nH]c(N)n1. The quantitative estimate of drug-likeness (QED) is 0.521. The molecule has 6 nitrogen and oxygen atoms in total. The Morgan fingerprint density at radius 3 is 2.69 bits per heavy atom. The fraction of sp³-hybridized carbons (Fsp3) is 0.714. The van der Waals surface area contributed by atoms with Crippen LogP contribution in [0.15, 0.2) is 0 Å². The second kappa shape index (κ2) is 4.08. The normalized spacial score (nSPS) is 13.2. The maximum absolute atomic E-state index is 9.01. The molecule has 0 aliphatic heterocycles. The van der Waals surface area contributed by atoms with Gasteiger partial charge in [-0.3, -0.25) is 0 Å². The molecule has 0 aliphatic rings. The Balaban J connectivity index is 2.56. The summed E-state index contributed by atoms with van der Waals surface area (Å²) in [6, 6.07) is -0.0461. The molecule has 1 unspecified atom stereocenters. The first-order valence-electron chi connectivity index (χ1n) is 4.18. The van der Waals surface area contributed by atoms with E-state index in [2.05, 4.69) is 20.5 Å². The summed E-state index contributed by atoms with van der Waals surface area (Å²) < 4.78 is 0. The van der Waals surface area contributed by atoms with Crippen molar-refractivity contribution in [3.8, 4) is 0 Å². The first-order chi connectivity index (χ1) is 6.13. The van der Waals surface area contributed by atoms with E-state index in [9.17, 15) is 0 Å². The van der Waals surface area contributed by atoms with Gasteiger partial charge in [-0.05, 0) is 5.92 Å². The molecule has 0 spiro atoms. The number of aromatic amines is 1. The Labute approximate surface area is 76.6 Å². The van der Waals surface area contributed by atoms with Crippen LogP contribution in [-0.4, -0.2) is 32.9 Å². The van der Waals surface area contributed by atoms with Crippen LogP contribution in [0.5, 0.6) is 0 Å². The van der Waals surface area contributed by atoms with Crippen LogP contribution in [0.4, 0.5) is 11.9 Å². The molecule has 0 amide bonds. The molecule has 0 bridgehead atoms. The van der Waals surface area contributed by atoms with Crippen molar-refractivity contribution >= 4 is 11.9 Å². The Kier molecular flexibility index (Phi) is 3.07. The highest BCUT2D eigenvalue weighted by Crippen LogP contribution is 2.07.